The smallest absolute Gasteiger partial charge is 0.323 e. The molecule has 0 unspecified atom stereocenters. The lowest BCUT2D eigenvalue weighted by atomic mass is 10.2. The number of rotatable bonds is 4. The Morgan fingerprint density at radius 1 is 1.67 bits per heavy atom. The summed E-state index contributed by atoms with van der Waals surface area (Å²) in [6.45, 7) is 5.56. The summed E-state index contributed by atoms with van der Waals surface area (Å²) in [6, 6.07) is -0.352. The minimum atomic E-state index is -0.245. The topological polar surface area (TPSA) is 78.3 Å². The highest BCUT2D eigenvalue weighted by Crippen LogP contribution is 2.21. The molecule has 1 aliphatic heterocycles. The number of nitrogens with zero attached hydrogens (tertiary/aromatic N) is 4. The molecule has 0 saturated carbocycles. The molecule has 0 radical (unpaired) electrons. The van der Waals surface area contributed by atoms with Gasteiger partial charge in [-0.05, 0) is 25.4 Å². The Hall–Kier alpha value is -1.26. The maximum absolute atomic E-state index is 11.6. The third-order valence-corrected chi connectivity index (χ3v) is 2.56. The molecule has 0 aromatic carbocycles. The SMILES string of the molecule is CCOC(=O)[C@H]1C[C@@H](N=[N+]=[N-])CN1CC. The molecule has 1 heterocycles. The van der Waals surface area contributed by atoms with Gasteiger partial charge in [-0.1, -0.05) is 12.0 Å². The highest BCUT2D eigenvalue weighted by atomic mass is 16.5. The van der Waals surface area contributed by atoms with Crippen molar-refractivity contribution in [1.82, 2.24) is 4.90 Å². The lowest BCUT2D eigenvalue weighted by Crippen LogP contribution is -2.37. The van der Waals surface area contributed by atoms with Crippen molar-refractivity contribution in [3.8, 4) is 0 Å². The zero-order valence-electron chi connectivity index (χ0n) is 9.09. The van der Waals surface area contributed by atoms with Crippen LogP contribution in [0.1, 0.15) is 20.3 Å². The summed E-state index contributed by atoms with van der Waals surface area (Å²) >= 11 is 0. The largest absolute Gasteiger partial charge is 0.465 e. The number of likely N-dealkylation sites (tertiary alicyclic amines) is 1. The zero-order valence-corrected chi connectivity index (χ0v) is 9.09. The zero-order chi connectivity index (χ0) is 11.3. The second kappa shape index (κ2) is 5.58. The molecule has 1 aliphatic rings. The van der Waals surface area contributed by atoms with Crippen LogP contribution in [0.25, 0.3) is 10.4 Å². The first-order valence-electron chi connectivity index (χ1n) is 5.17. The maximum Gasteiger partial charge on any atom is 0.323 e. The fourth-order valence-corrected chi connectivity index (χ4v) is 1.87. The molecule has 2 atom stereocenters. The predicted octanol–water partition coefficient (Wildman–Crippen LogP) is 1.32. The van der Waals surface area contributed by atoms with Gasteiger partial charge in [-0.15, -0.1) is 0 Å². The molecule has 1 rings (SSSR count). The summed E-state index contributed by atoms with van der Waals surface area (Å²) in [5.74, 6) is -0.213. The molecule has 1 fully saturated rings. The first-order chi connectivity index (χ1) is 7.22. The number of hydrogen-bond acceptors (Lipinski definition) is 4. The number of hydrogen-bond donors (Lipinski definition) is 0. The van der Waals surface area contributed by atoms with Crippen molar-refractivity contribution in [2.45, 2.75) is 32.4 Å². The first kappa shape index (κ1) is 11.8. The molecule has 0 amide bonds. The average molecular weight is 212 g/mol. The molecule has 6 heteroatoms. The number of carbonyl (C=O) groups is 1. The fourth-order valence-electron chi connectivity index (χ4n) is 1.87. The highest BCUT2D eigenvalue weighted by Gasteiger charge is 2.36. The van der Waals surface area contributed by atoms with E-state index >= 15 is 0 Å². The van der Waals surface area contributed by atoms with E-state index in [9.17, 15) is 4.79 Å². The van der Waals surface area contributed by atoms with Gasteiger partial charge in [0.1, 0.15) is 6.04 Å². The molecular formula is C9H16N4O2. The molecule has 0 N–H and O–H groups in total. The van der Waals surface area contributed by atoms with E-state index in [-0.39, 0.29) is 18.1 Å². The van der Waals surface area contributed by atoms with Crippen LogP contribution in [0.2, 0.25) is 0 Å². The van der Waals surface area contributed by atoms with E-state index < -0.39 is 0 Å². The second-order valence-corrected chi connectivity index (χ2v) is 3.45. The Morgan fingerprint density at radius 2 is 2.40 bits per heavy atom. The van der Waals surface area contributed by atoms with E-state index in [0.717, 1.165) is 6.54 Å². The summed E-state index contributed by atoms with van der Waals surface area (Å²) in [6.07, 6.45) is 0.566. The summed E-state index contributed by atoms with van der Waals surface area (Å²) in [7, 11) is 0. The number of azide groups is 1. The number of carbonyl (C=O) groups excluding carboxylic acids is 1. The Balaban J connectivity index is 2.63. The highest BCUT2D eigenvalue weighted by molar-refractivity contribution is 5.76. The van der Waals surface area contributed by atoms with Crippen molar-refractivity contribution in [2.75, 3.05) is 19.7 Å². The first-order valence-corrected chi connectivity index (χ1v) is 5.17. The Kier molecular flexibility index (Phi) is 4.39. The van der Waals surface area contributed by atoms with Crippen molar-refractivity contribution in [3.63, 3.8) is 0 Å². The van der Waals surface area contributed by atoms with Crippen LogP contribution in [0.15, 0.2) is 5.11 Å². The summed E-state index contributed by atoms with van der Waals surface area (Å²) in [5, 5.41) is 3.65. The molecule has 15 heavy (non-hydrogen) atoms. The Bertz CT molecular complexity index is 275. The van der Waals surface area contributed by atoms with Crippen LogP contribution in [-0.4, -0.2) is 42.6 Å². The van der Waals surface area contributed by atoms with Gasteiger partial charge in [-0.3, -0.25) is 9.69 Å². The van der Waals surface area contributed by atoms with Crippen molar-refractivity contribution in [2.24, 2.45) is 5.11 Å². The van der Waals surface area contributed by atoms with E-state index in [2.05, 4.69) is 10.0 Å². The second-order valence-electron chi connectivity index (χ2n) is 3.45. The maximum atomic E-state index is 11.6. The van der Waals surface area contributed by atoms with Crippen molar-refractivity contribution < 1.29 is 9.53 Å². The van der Waals surface area contributed by atoms with E-state index in [1.54, 1.807) is 6.92 Å². The van der Waals surface area contributed by atoms with Crippen molar-refractivity contribution in [1.29, 1.82) is 0 Å². The molecule has 0 aromatic heterocycles. The molecular weight excluding hydrogens is 196 g/mol. The number of likely N-dealkylation sites (N-methyl/N-ethyl adjacent to an activating group) is 1. The molecule has 0 spiro atoms. The van der Waals surface area contributed by atoms with Gasteiger partial charge < -0.3 is 4.74 Å². The van der Waals surface area contributed by atoms with E-state index in [4.69, 9.17) is 10.3 Å². The van der Waals surface area contributed by atoms with Gasteiger partial charge in [0.05, 0.1) is 12.6 Å². The van der Waals surface area contributed by atoms with E-state index in [0.29, 0.717) is 19.6 Å². The summed E-state index contributed by atoms with van der Waals surface area (Å²) < 4.78 is 4.97. The quantitative estimate of drug-likeness (QED) is 0.305. The lowest BCUT2D eigenvalue weighted by molar-refractivity contribution is -0.148. The molecule has 0 aromatic rings. The lowest BCUT2D eigenvalue weighted by Gasteiger charge is -2.20. The number of esters is 1. The van der Waals surface area contributed by atoms with Crippen LogP contribution < -0.4 is 0 Å². The Morgan fingerprint density at radius 3 is 2.93 bits per heavy atom. The third-order valence-electron chi connectivity index (χ3n) is 2.56. The normalized spacial score (nSPS) is 26.0. The van der Waals surface area contributed by atoms with Crippen LogP contribution in [-0.2, 0) is 9.53 Å². The predicted molar refractivity (Wildman–Crippen MR) is 55.2 cm³/mol. The van der Waals surface area contributed by atoms with Crippen LogP contribution in [0.3, 0.4) is 0 Å². The average Bonchev–Trinajstić information content (AvgIpc) is 2.62. The number of ether oxygens (including phenoxy) is 1. The van der Waals surface area contributed by atoms with Crippen LogP contribution >= 0.6 is 0 Å². The molecule has 0 bridgehead atoms. The van der Waals surface area contributed by atoms with Gasteiger partial charge >= 0.3 is 5.97 Å². The van der Waals surface area contributed by atoms with Gasteiger partial charge in [-0.2, -0.15) is 0 Å². The van der Waals surface area contributed by atoms with E-state index in [1.165, 1.54) is 0 Å². The van der Waals surface area contributed by atoms with Gasteiger partial charge in [-0.25, -0.2) is 0 Å². The monoisotopic (exact) mass is 212 g/mol. The molecule has 6 nitrogen and oxygen atoms in total. The fraction of sp³-hybridized carbons (Fsp3) is 0.889. The minimum Gasteiger partial charge on any atom is -0.465 e. The van der Waals surface area contributed by atoms with Crippen LogP contribution in [0, 0.1) is 0 Å². The van der Waals surface area contributed by atoms with Gasteiger partial charge in [0, 0.05) is 11.5 Å². The van der Waals surface area contributed by atoms with Crippen molar-refractivity contribution in [3.05, 3.63) is 10.4 Å². The molecule has 1 saturated heterocycles. The van der Waals surface area contributed by atoms with Gasteiger partial charge in [0.15, 0.2) is 0 Å². The van der Waals surface area contributed by atoms with Gasteiger partial charge in [0.25, 0.3) is 0 Å². The Labute approximate surface area is 88.8 Å². The van der Waals surface area contributed by atoms with E-state index in [1.807, 2.05) is 11.8 Å². The molecule has 0 aliphatic carbocycles. The van der Waals surface area contributed by atoms with Gasteiger partial charge in [0.2, 0.25) is 0 Å². The molecule has 84 valence electrons. The standard InChI is InChI=1S/C9H16N4O2/c1-3-13-6-7(11-12-10)5-8(13)9(14)15-4-2/h7-8H,3-6H2,1-2H3/t7-,8-/m1/s1. The van der Waals surface area contributed by atoms with Crippen molar-refractivity contribution >= 4 is 5.97 Å². The summed E-state index contributed by atoms with van der Waals surface area (Å²) in [4.78, 5) is 16.3. The summed E-state index contributed by atoms with van der Waals surface area (Å²) in [5.41, 5.74) is 8.34. The minimum absolute atomic E-state index is 0.107. The third kappa shape index (κ3) is 2.84. The van der Waals surface area contributed by atoms with Crippen LogP contribution in [0.5, 0.6) is 0 Å². The van der Waals surface area contributed by atoms with Crippen LogP contribution in [0.4, 0.5) is 0 Å².